The molecule has 0 spiro atoms. The summed E-state index contributed by atoms with van der Waals surface area (Å²) < 4.78 is 6.06. The molecular formula is C15H21N3O2. The number of hydroxylamine groups is 1. The molecule has 108 valence electrons. The molecule has 0 aromatic rings. The van der Waals surface area contributed by atoms with Gasteiger partial charge in [0.1, 0.15) is 18.0 Å². The van der Waals surface area contributed by atoms with Crippen molar-refractivity contribution in [3.8, 4) is 0 Å². The molecule has 2 fully saturated rings. The van der Waals surface area contributed by atoms with E-state index in [-0.39, 0.29) is 12.2 Å². The summed E-state index contributed by atoms with van der Waals surface area (Å²) in [7, 11) is 0. The maximum absolute atomic E-state index is 6.06. The summed E-state index contributed by atoms with van der Waals surface area (Å²) >= 11 is 0. The van der Waals surface area contributed by atoms with Crippen LogP contribution in [-0.4, -0.2) is 24.7 Å². The van der Waals surface area contributed by atoms with E-state index in [4.69, 9.17) is 9.57 Å². The molecule has 5 nitrogen and oxygen atoms in total. The van der Waals surface area contributed by atoms with Gasteiger partial charge in [-0.2, -0.15) is 0 Å². The molecular weight excluding hydrogens is 254 g/mol. The van der Waals surface area contributed by atoms with Crippen molar-refractivity contribution in [3.05, 3.63) is 23.6 Å². The Labute approximate surface area is 119 Å². The predicted molar refractivity (Wildman–Crippen MR) is 75.6 cm³/mol. The van der Waals surface area contributed by atoms with E-state index >= 15 is 0 Å². The number of rotatable bonds is 5. The second kappa shape index (κ2) is 4.81. The smallest absolute Gasteiger partial charge is 0.237 e. The fourth-order valence-electron chi connectivity index (χ4n) is 2.56. The number of allylic oxidation sites excluding steroid dienone is 1. The minimum atomic E-state index is -0.0239. The average molecular weight is 275 g/mol. The van der Waals surface area contributed by atoms with Crippen LogP contribution < -0.4 is 10.8 Å². The number of dihydropyridines is 1. The molecule has 0 bridgehead atoms. The van der Waals surface area contributed by atoms with E-state index in [0.717, 1.165) is 18.3 Å². The number of nitrogens with zero attached hydrogens (tertiary/aromatic N) is 1. The van der Waals surface area contributed by atoms with Crippen molar-refractivity contribution in [2.75, 3.05) is 6.61 Å². The lowest BCUT2D eigenvalue weighted by atomic mass is 10.0. The Bertz CT molecular complexity index is 489. The van der Waals surface area contributed by atoms with E-state index in [9.17, 15) is 0 Å². The third-order valence-corrected chi connectivity index (χ3v) is 4.13. The van der Waals surface area contributed by atoms with Crippen LogP contribution in [0.25, 0.3) is 0 Å². The van der Waals surface area contributed by atoms with E-state index in [1.165, 1.54) is 31.3 Å². The monoisotopic (exact) mass is 275 g/mol. The van der Waals surface area contributed by atoms with Gasteiger partial charge in [-0.05, 0) is 50.5 Å². The molecule has 4 rings (SSSR count). The fraction of sp³-hybridized carbons (Fsp3) is 0.667. The van der Waals surface area contributed by atoms with Crippen molar-refractivity contribution in [1.82, 2.24) is 10.8 Å². The highest BCUT2D eigenvalue weighted by atomic mass is 16.7. The minimum Gasteiger partial charge on any atom is -0.493 e. The lowest BCUT2D eigenvalue weighted by molar-refractivity contribution is 0.176. The Morgan fingerprint density at radius 2 is 2.20 bits per heavy atom. The first-order valence-corrected chi connectivity index (χ1v) is 7.61. The number of ether oxygens (including phenoxy) is 1. The van der Waals surface area contributed by atoms with Crippen LogP contribution in [0, 0.1) is 11.8 Å². The maximum Gasteiger partial charge on any atom is 0.237 e. The zero-order chi connectivity index (χ0) is 13.5. The van der Waals surface area contributed by atoms with Crippen LogP contribution >= 0.6 is 0 Å². The van der Waals surface area contributed by atoms with Gasteiger partial charge in [0.25, 0.3) is 0 Å². The Morgan fingerprint density at radius 1 is 1.35 bits per heavy atom. The lowest BCUT2D eigenvalue weighted by Gasteiger charge is -2.23. The molecule has 0 amide bonds. The standard InChI is InChI=1S/C15H21N3O2/c1-9-17-15(20-18-9)13-6-14(19-8-10-2-3-10)12(7-16-13)11-4-5-11/h6-7,9-11,13,16,18H,2-5,8H2,1H3. The summed E-state index contributed by atoms with van der Waals surface area (Å²) in [5, 5.41) is 3.37. The maximum atomic E-state index is 6.06. The molecule has 0 saturated heterocycles. The summed E-state index contributed by atoms with van der Waals surface area (Å²) in [6.45, 7) is 2.82. The van der Waals surface area contributed by atoms with Crippen molar-refractivity contribution >= 4 is 5.90 Å². The largest absolute Gasteiger partial charge is 0.493 e. The van der Waals surface area contributed by atoms with Gasteiger partial charge in [0, 0.05) is 11.8 Å². The topological polar surface area (TPSA) is 54.9 Å². The molecule has 2 unspecified atom stereocenters. The normalized spacial score (nSPS) is 32.8. The van der Waals surface area contributed by atoms with E-state index in [0.29, 0.717) is 11.8 Å². The number of hydrogen-bond acceptors (Lipinski definition) is 5. The molecule has 2 aliphatic heterocycles. The van der Waals surface area contributed by atoms with Crippen LogP contribution in [-0.2, 0) is 9.57 Å². The Balaban J connectivity index is 1.49. The van der Waals surface area contributed by atoms with Crippen LogP contribution in [0.5, 0.6) is 0 Å². The van der Waals surface area contributed by atoms with Crippen molar-refractivity contribution in [3.63, 3.8) is 0 Å². The quantitative estimate of drug-likeness (QED) is 0.804. The van der Waals surface area contributed by atoms with Gasteiger partial charge in [-0.3, -0.25) is 0 Å². The van der Waals surface area contributed by atoms with Gasteiger partial charge in [-0.1, -0.05) is 0 Å². The van der Waals surface area contributed by atoms with Gasteiger partial charge in [0.15, 0.2) is 0 Å². The van der Waals surface area contributed by atoms with Crippen LogP contribution in [0.1, 0.15) is 32.6 Å². The van der Waals surface area contributed by atoms with Crippen LogP contribution in [0.4, 0.5) is 0 Å². The summed E-state index contributed by atoms with van der Waals surface area (Å²) in [4.78, 5) is 9.84. The molecule has 0 aromatic heterocycles. The van der Waals surface area contributed by atoms with Crippen molar-refractivity contribution in [1.29, 1.82) is 0 Å². The van der Waals surface area contributed by atoms with Gasteiger partial charge in [-0.15, -0.1) is 5.48 Å². The summed E-state index contributed by atoms with van der Waals surface area (Å²) in [6, 6.07) is -0.0239. The van der Waals surface area contributed by atoms with Gasteiger partial charge in [0.2, 0.25) is 5.90 Å². The van der Waals surface area contributed by atoms with Crippen molar-refractivity contribution < 1.29 is 9.57 Å². The zero-order valence-corrected chi connectivity index (χ0v) is 11.8. The fourth-order valence-corrected chi connectivity index (χ4v) is 2.56. The molecule has 20 heavy (non-hydrogen) atoms. The van der Waals surface area contributed by atoms with Gasteiger partial charge in [0.05, 0.1) is 6.61 Å². The first-order chi connectivity index (χ1) is 9.79. The molecule has 2 aliphatic carbocycles. The molecule has 4 aliphatic rings. The molecule has 2 saturated carbocycles. The highest BCUT2D eigenvalue weighted by molar-refractivity contribution is 5.85. The van der Waals surface area contributed by atoms with Crippen LogP contribution in [0.2, 0.25) is 0 Å². The van der Waals surface area contributed by atoms with Gasteiger partial charge >= 0.3 is 0 Å². The van der Waals surface area contributed by atoms with Gasteiger partial charge in [-0.25, -0.2) is 4.99 Å². The van der Waals surface area contributed by atoms with E-state index < -0.39 is 0 Å². The zero-order valence-electron chi connectivity index (χ0n) is 11.8. The van der Waals surface area contributed by atoms with Crippen molar-refractivity contribution in [2.24, 2.45) is 16.8 Å². The van der Waals surface area contributed by atoms with E-state index in [2.05, 4.69) is 28.1 Å². The highest BCUT2D eigenvalue weighted by Gasteiger charge is 2.34. The van der Waals surface area contributed by atoms with Crippen LogP contribution in [0.15, 0.2) is 28.6 Å². The Hall–Kier alpha value is -1.49. The first-order valence-electron chi connectivity index (χ1n) is 7.61. The molecule has 2 N–H and O–H groups in total. The SMILES string of the molecule is CC1N=C(C2C=C(OCC3CC3)C(C3CC3)=CN2)ON1. The molecule has 0 aromatic carbocycles. The van der Waals surface area contributed by atoms with E-state index in [1.807, 2.05) is 6.92 Å². The molecule has 2 heterocycles. The number of aliphatic imine (C=N–C) groups is 1. The van der Waals surface area contributed by atoms with Crippen LogP contribution in [0.3, 0.4) is 0 Å². The lowest BCUT2D eigenvalue weighted by Crippen LogP contribution is -2.36. The summed E-state index contributed by atoms with van der Waals surface area (Å²) in [5.74, 6) is 3.17. The second-order valence-electron chi connectivity index (χ2n) is 6.17. The molecule has 2 atom stereocenters. The Kier molecular flexibility index (Phi) is 2.95. The second-order valence-corrected chi connectivity index (χ2v) is 6.17. The molecule has 0 radical (unpaired) electrons. The Morgan fingerprint density at radius 3 is 2.85 bits per heavy atom. The van der Waals surface area contributed by atoms with E-state index in [1.54, 1.807) is 0 Å². The summed E-state index contributed by atoms with van der Waals surface area (Å²) in [5.41, 5.74) is 4.17. The van der Waals surface area contributed by atoms with Crippen molar-refractivity contribution in [2.45, 2.75) is 44.8 Å². The summed E-state index contributed by atoms with van der Waals surface area (Å²) in [6.07, 6.45) is 9.42. The molecule has 5 heteroatoms. The third kappa shape index (κ3) is 2.54. The number of hydrogen-bond donors (Lipinski definition) is 2. The minimum absolute atomic E-state index is 0.0184. The van der Waals surface area contributed by atoms with Gasteiger partial charge < -0.3 is 14.9 Å². The average Bonchev–Trinajstić information content (AvgIpc) is 3.36. The highest BCUT2D eigenvalue weighted by Crippen LogP contribution is 2.42. The first kappa shape index (κ1) is 12.3. The third-order valence-electron chi connectivity index (χ3n) is 4.13. The number of nitrogens with one attached hydrogen (secondary N) is 2. The predicted octanol–water partition coefficient (Wildman–Crippen LogP) is 1.84.